The molecule has 0 aliphatic carbocycles. The summed E-state index contributed by atoms with van der Waals surface area (Å²) in [5, 5.41) is 19.8. The molecule has 0 saturated carbocycles. The molecule has 0 fully saturated rings. The van der Waals surface area contributed by atoms with Gasteiger partial charge in [-0.25, -0.2) is 9.59 Å². The van der Waals surface area contributed by atoms with E-state index in [1.54, 1.807) is 36.4 Å². The molecule has 36 heavy (non-hydrogen) atoms. The summed E-state index contributed by atoms with van der Waals surface area (Å²) in [5.74, 6) is 0.785. The van der Waals surface area contributed by atoms with Gasteiger partial charge in [0.15, 0.2) is 17.3 Å². The molecule has 0 spiro atoms. The van der Waals surface area contributed by atoms with Crippen LogP contribution in [0.3, 0.4) is 0 Å². The molecule has 0 radical (unpaired) electrons. The number of rotatable bonds is 5. The first-order valence-corrected chi connectivity index (χ1v) is 11.6. The predicted molar refractivity (Wildman–Crippen MR) is 132 cm³/mol. The average Bonchev–Trinajstić information content (AvgIpc) is 2.87. The fraction of sp³-hybridized carbons (Fsp3) is 0.154. The van der Waals surface area contributed by atoms with Gasteiger partial charge in [0.25, 0.3) is 0 Å². The first kappa shape index (κ1) is 23.8. The Morgan fingerprint density at radius 2 is 1.72 bits per heavy atom. The van der Waals surface area contributed by atoms with E-state index in [-0.39, 0.29) is 13.0 Å². The summed E-state index contributed by atoms with van der Waals surface area (Å²) in [7, 11) is 0. The van der Waals surface area contributed by atoms with Crippen LogP contribution < -0.4 is 14.2 Å². The van der Waals surface area contributed by atoms with Crippen molar-refractivity contribution in [2.24, 2.45) is 0 Å². The zero-order valence-electron chi connectivity index (χ0n) is 18.6. The zero-order valence-corrected chi connectivity index (χ0v) is 20.1. The van der Waals surface area contributed by atoms with Crippen molar-refractivity contribution in [2.75, 3.05) is 0 Å². The van der Waals surface area contributed by atoms with Crippen molar-refractivity contribution in [3.05, 3.63) is 93.2 Å². The third kappa shape index (κ3) is 4.78. The van der Waals surface area contributed by atoms with Crippen LogP contribution in [0.5, 0.6) is 17.2 Å². The summed E-state index contributed by atoms with van der Waals surface area (Å²) in [5.41, 5.74) is 3.02. The van der Waals surface area contributed by atoms with Crippen molar-refractivity contribution in [3.8, 4) is 17.2 Å². The number of hydrogen-bond acceptors (Lipinski definition) is 5. The number of carboxylic acids is 1. The molecule has 0 aromatic heterocycles. The van der Waals surface area contributed by atoms with Crippen LogP contribution in [0, 0.1) is 0 Å². The minimum absolute atomic E-state index is 0.0495. The van der Waals surface area contributed by atoms with Crippen molar-refractivity contribution in [1.29, 1.82) is 0 Å². The zero-order chi connectivity index (χ0) is 25.4. The van der Waals surface area contributed by atoms with E-state index in [1.165, 1.54) is 6.26 Å². The van der Waals surface area contributed by atoms with Gasteiger partial charge in [-0.2, -0.15) is 0 Å². The van der Waals surface area contributed by atoms with Crippen molar-refractivity contribution < 1.29 is 34.0 Å². The van der Waals surface area contributed by atoms with Gasteiger partial charge >= 0.3 is 12.1 Å². The number of carboxylic acid groups (broad SMARTS) is 2. The van der Waals surface area contributed by atoms with Crippen molar-refractivity contribution in [3.63, 3.8) is 0 Å². The molecule has 0 saturated heterocycles. The molecule has 2 heterocycles. The second-order valence-electron chi connectivity index (χ2n) is 8.30. The number of ether oxygens (including phenoxy) is 3. The van der Waals surface area contributed by atoms with Crippen LogP contribution in [0.2, 0.25) is 10.0 Å². The van der Waals surface area contributed by atoms with Gasteiger partial charge in [-0.1, -0.05) is 29.3 Å². The Balaban J connectivity index is 1.29. The molecule has 184 valence electrons. The van der Waals surface area contributed by atoms with Gasteiger partial charge in [0.1, 0.15) is 24.7 Å². The van der Waals surface area contributed by atoms with E-state index in [9.17, 15) is 19.8 Å². The third-order valence-electron chi connectivity index (χ3n) is 5.97. The van der Waals surface area contributed by atoms with Crippen LogP contribution in [-0.4, -0.2) is 33.2 Å². The van der Waals surface area contributed by atoms with E-state index in [1.807, 2.05) is 18.2 Å². The number of halogens is 2. The molecule has 0 bridgehead atoms. The van der Waals surface area contributed by atoms with E-state index in [2.05, 4.69) is 0 Å². The van der Waals surface area contributed by atoms with Gasteiger partial charge in [-0.3, -0.25) is 4.90 Å². The number of fused-ring (bicyclic) bond motifs is 2. The highest BCUT2D eigenvalue weighted by Crippen LogP contribution is 2.40. The number of nitrogens with zero attached hydrogens (tertiary/aromatic N) is 1. The smallest absolute Gasteiger partial charge is 0.408 e. The van der Waals surface area contributed by atoms with Crippen LogP contribution >= 0.6 is 23.2 Å². The lowest BCUT2D eigenvalue weighted by Gasteiger charge is -2.33. The van der Waals surface area contributed by atoms with Gasteiger partial charge in [-0.05, 0) is 65.2 Å². The van der Waals surface area contributed by atoms with E-state index in [0.29, 0.717) is 50.8 Å². The highest BCUT2D eigenvalue weighted by Gasteiger charge is 2.35. The molecular weight excluding hydrogens is 509 g/mol. The summed E-state index contributed by atoms with van der Waals surface area (Å²) in [4.78, 5) is 24.0. The van der Waals surface area contributed by atoms with Crippen LogP contribution in [0.15, 0.2) is 60.9 Å². The highest BCUT2D eigenvalue weighted by molar-refractivity contribution is 6.42. The number of benzene rings is 3. The summed E-state index contributed by atoms with van der Waals surface area (Å²) in [6.45, 7) is 0.273. The lowest BCUT2D eigenvalue weighted by Crippen LogP contribution is -2.48. The molecule has 8 nitrogen and oxygen atoms in total. The molecule has 3 aromatic rings. The molecular formula is C26H19Cl2NO7. The SMILES string of the molecule is O=C(O)[C@@H]1Cc2cc3c(cc2CN1C(=O)O)OC(c1ccc(OCc2ccc(Cl)c(Cl)c2)cc1)=CO3. The van der Waals surface area contributed by atoms with Crippen LogP contribution in [-0.2, 0) is 24.4 Å². The van der Waals surface area contributed by atoms with Crippen LogP contribution in [0.25, 0.3) is 5.76 Å². The summed E-state index contributed by atoms with van der Waals surface area (Å²) in [6, 6.07) is 14.8. The molecule has 2 N–H and O–H groups in total. The fourth-order valence-corrected chi connectivity index (χ4v) is 4.41. The van der Waals surface area contributed by atoms with Crippen molar-refractivity contribution >= 4 is 41.0 Å². The van der Waals surface area contributed by atoms with E-state index in [4.69, 9.17) is 37.4 Å². The molecule has 1 amide bonds. The quantitative estimate of drug-likeness (QED) is 0.429. The molecule has 0 unspecified atom stereocenters. The van der Waals surface area contributed by atoms with Gasteiger partial charge in [0, 0.05) is 12.0 Å². The van der Waals surface area contributed by atoms with Crippen molar-refractivity contribution in [1.82, 2.24) is 4.90 Å². The summed E-state index contributed by atoms with van der Waals surface area (Å²) >= 11 is 12.0. The second-order valence-corrected chi connectivity index (χ2v) is 9.11. The molecule has 2 aliphatic rings. The topological polar surface area (TPSA) is 106 Å². The Kier molecular flexibility index (Phi) is 6.38. The van der Waals surface area contributed by atoms with Crippen molar-refractivity contribution in [2.45, 2.75) is 25.6 Å². The number of carbonyl (C=O) groups is 2. The Labute approximate surface area is 215 Å². The summed E-state index contributed by atoms with van der Waals surface area (Å²) < 4.78 is 17.6. The van der Waals surface area contributed by atoms with Gasteiger partial charge in [0.05, 0.1) is 16.6 Å². The molecule has 1 atom stereocenters. The van der Waals surface area contributed by atoms with Crippen LogP contribution in [0.4, 0.5) is 4.79 Å². The van der Waals surface area contributed by atoms with E-state index >= 15 is 0 Å². The second kappa shape index (κ2) is 9.64. The molecule has 2 aliphatic heterocycles. The van der Waals surface area contributed by atoms with Gasteiger partial charge in [-0.15, -0.1) is 0 Å². The maximum absolute atomic E-state index is 11.6. The Bertz CT molecular complexity index is 1390. The Morgan fingerprint density at radius 1 is 0.972 bits per heavy atom. The largest absolute Gasteiger partial charge is 0.489 e. The number of aliphatic carboxylic acids is 1. The van der Waals surface area contributed by atoms with Gasteiger partial charge < -0.3 is 24.4 Å². The molecule has 3 aromatic carbocycles. The number of amides is 1. The average molecular weight is 528 g/mol. The minimum atomic E-state index is -1.29. The lowest BCUT2D eigenvalue weighted by molar-refractivity contribution is -0.143. The Hall–Kier alpha value is -3.88. The molecule has 5 rings (SSSR count). The fourth-order valence-electron chi connectivity index (χ4n) is 4.08. The monoisotopic (exact) mass is 527 g/mol. The predicted octanol–water partition coefficient (Wildman–Crippen LogP) is 5.83. The maximum Gasteiger partial charge on any atom is 0.408 e. The minimum Gasteiger partial charge on any atom is -0.489 e. The van der Waals surface area contributed by atoms with E-state index < -0.39 is 18.1 Å². The molecule has 10 heteroatoms. The first-order valence-electron chi connectivity index (χ1n) is 10.9. The third-order valence-corrected chi connectivity index (χ3v) is 6.71. The van der Waals surface area contributed by atoms with Gasteiger partial charge in [0.2, 0.25) is 0 Å². The normalized spacial score (nSPS) is 16.1. The van der Waals surface area contributed by atoms with Crippen LogP contribution in [0.1, 0.15) is 22.3 Å². The highest BCUT2D eigenvalue weighted by atomic mass is 35.5. The Morgan fingerprint density at radius 3 is 2.42 bits per heavy atom. The maximum atomic E-state index is 11.6. The summed E-state index contributed by atoms with van der Waals surface area (Å²) in [6.07, 6.45) is 0.236. The first-order chi connectivity index (χ1) is 17.3. The number of hydrogen-bond donors (Lipinski definition) is 2. The lowest BCUT2D eigenvalue weighted by atomic mass is 9.93. The van der Waals surface area contributed by atoms with E-state index in [0.717, 1.165) is 16.0 Å². The standard InChI is InChI=1S/C26H19Cl2NO7/c27-19-6-1-14(7-20(19)28)12-34-18-4-2-15(3-5-18)24-13-35-22-9-16-8-21(25(30)31)29(26(32)33)11-17(16)10-23(22)36-24/h1-7,9-10,13,21H,8,11-12H2,(H,30,31)(H,32,33)/t21-/m0/s1.